The van der Waals surface area contributed by atoms with Gasteiger partial charge in [-0.3, -0.25) is 0 Å². The molecule has 21 heavy (non-hydrogen) atoms. The van der Waals surface area contributed by atoms with E-state index in [1.165, 1.54) is 0 Å². The molecule has 128 valence electrons. The highest BCUT2D eigenvalue weighted by molar-refractivity contribution is 9.36. The molecule has 0 aliphatic rings. The van der Waals surface area contributed by atoms with Crippen LogP contribution in [0.4, 0.5) is 0 Å². The van der Waals surface area contributed by atoms with E-state index in [9.17, 15) is 0 Å². The molecule has 0 spiro atoms. The summed E-state index contributed by atoms with van der Waals surface area (Å²) in [6.07, 6.45) is 0. The lowest BCUT2D eigenvalue weighted by Gasteiger charge is -2.53. The monoisotopic (exact) mass is 1190 g/mol. The molecule has 0 saturated carbocycles. The van der Waals surface area contributed by atoms with Crippen molar-refractivity contribution in [2.24, 2.45) is 0 Å². The van der Waals surface area contributed by atoms with Gasteiger partial charge in [-0.2, -0.15) is 0 Å². The van der Waals surface area contributed by atoms with Crippen LogP contribution in [0.5, 0.6) is 0 Å². The van der Waals surface area contributed by atoms with Crippen LogP contribution in [0.1, 0.15) is 0 Å². The van der Waals surface area contributed by atoms with E-state index in [1.807, 2.05) is 0 Å². The molecule has 0 aliphatic heterocycles. The molecule has 0 aliphatic carbocycles. The van der Waals surface area contributed by atoms with Crippen molar-refractivity contribution in [3.63, 3.8) is 0 Å². The Kier molecular flexibility index (Phi) is 12.8. The van der Waals surface area contributed by atoms with Gasteiger partial charge in [0.15, 0.2) is 0 Å². The molecular weight excluding hydrogens is 1200 g/mol. The molecule has 0 atom stereocenters. The van der Waals surface area contributed by atoms with Crippen LogP contribution in [0.3, 0.4) is 0 Å². The fourth-order valence-electron chi connectivity index (χ4n) is 0.890. The molecule has 0 nitrogen and oxygen atoms in total. The number of halogens is 14. The number of rotatable bonds is 6. The smallest absolute Gasteiger partial charge is 0.0739 e. The van der Waals surface area contributed by atoms with Crippen LogP contribution < -0.4 is 0 Å². The maximum atomic E-state index is 3.76. The first-order valence-electron chi connectivity index (χ1n) is 4.34. The molecule has 0 aromatic heterocycles. The third-order valence-electron chi connectivity index (χ3n) is 2.17. The van der Waals surface area contributed by atoms with Crippen molar-refractivity contribution in [2.45, 2.75) is 23.6 Å². The quantitative estimate of drug-likeness (QED) is 0.233. The highest BCUT2D eigenvalue weighted by Gasteiger charge is 2.71. The minimum Gasteiger partial charge on any atom is -0.0739 e. The first kappa shape index (κ1) is 27.7. The van der Waals surface area contributed by atoms with Gasteiger partial charge >= 0.3 is 0 Å². The minimum atomic E-state index is -0.792. The van der Waals surface area contributed by atoms with Crippen molar-refractivity contribution in [1.29, 1.82) is 0 Å². The normalized spacial score (nSPS) is 16.0. The third kappa shape index (κ3) is 5.45. The van der Waals surface area contributed by atoms with Gasteiger partial charge < -0.3 is 0 Å². The Balaban J connectivity index is 6.09. The van der Waals surface area contributed by atoms with Crippen molar-refractivity contribution in [3.8, 4) is 0 Å². The fourth-order valence-corrected chi connectivity index (χ4v) is 12.5. The Morgan fingerprint density at radius 1 is 0.381 bits per heavy atom. The molecule has 0 aromatic carbocycles. The van der Waals surface area contributed by atoms with Crippen LogP contribution in [0, 0.1) is 0 Å². The van der Waals surface area contributed by atoms with Gasteiger partial charge in [-0.1, -0.05) is 223 Å². The maximum Gasteiger partial charge on any atom is 0.135 e. The van der Waals surface area contributed by atoms with E-state index in [2.05, 4.69) is 223 Å². The average molecular weight is 1200 g/mol. The standard InChI is InChI=1S/C7H2Br14/c8-1(9)3(12,13)5(16,17)7(20,21)6(18,19)4(14,15)2(10)11/h1-2H. The summed E-state index contributed by atoms with van der Waals surface area (Å²) in [5.41, 5.74) is 0. The summed E-state index contributed by atoms with van der Waals surface area (Å²) in [6.45, 7) is 0. The van der Waals surface area contributed by atoms with Crippen LogP contribution in [0.25, 0.3) is 0 Å². The molecular formula is C7H2Br14. The second kappa shape index (κ2) is 9.69. The van der Waals surface area contributed by atoms with Crippen molar-refractivity contribution in [2.75, 3.05) is 0 Å². The largest absolute Gasteiger partial charge is 0.135 e. The molecule has 0 fully saturated rings. The molecule has 0 heterocycles. The van der Waals surface area contributed by atoms with E-state index in [0.717, 1.165) is 0 Å². The Morgan fingerprint density at radius 2 is 0.571 bits per heavy atom. The van der Waals surface area contributed by atoms with Crippen LogP contribution in [0.2, 0.25) is 0 Å². The SMILES string of the molecule is BrC(Br)C(Br)(Br)C(Br)(Br)C(Br)(Br)C(Br)(Br)C(Br)(Br)C(Br)Br. The molecule has 14 heteroatoms. The van der Waals surface area contributed by atoms with E-state index in [0.29, 0.717) is 0 Å². The predicted molar refractivity (Wildman–Crippen MR) is 146 cm³/mol. The zero-order valence-corrected chi connectivity index (χ0v) is 31.2. The van der Waals surface area contributed by atoms with E-state index >= 15 is 0 Å². The molecule has 0 saturated heterocycles. The summed E-state index contributed by atoms with van der Waals surface area (Å²) >= 11 is 51.2. The van der Waals surface area contributed by atoms with Crippen LogP contribution in [0.15, 0.2) is 0 Å². The second-order valence-electron chi connectivity index (χ2n) is 3.57. The van der Waals surface area contributed by atoms with Crippen LogP contribution >= 0.6 is 223 Å². The summed E-state index contributed by atoms with van der Waals surface area (Å²) in [6, 6.07) is 0. The van der Waals surface area contributed by atoms with Crippen molar-refractivity contribution >= 4 is 223 Å². The summed E-state index contributed by atoms with van der Waals surface area (Å²) < 4.78 is -3.83. The Bertz CT molecular complexity index is 334. The van der Waals surface area contributed by atoms with Gasteiger partial charge in [-0.05, 0) is 0 Å². The lowest BCUT2D eigenvalue weighted by Crippen LogP contribution is -2.63. The Hall–Kier alpha value is 6.72. The first-order valence-corrected chi connectivity index (χ1v) is 15.9. The van der Waals surface area contributed by atoms with Crippen LogP contribution in [-0.4, -0.2) is 23.6 Å². The number of hydrogen-bond donors (Lipinski definition) is 0. The topological polar surface area (TPSA) is 0 Å². The fraction of sp³-hybridized carbons (Fsp3) is 1.00. The molecule has 0 N–H and O–H groups in total. The van der Waals surface area contributed by atoms with Gasteiger partial charge in [0.05, 0.1) is 7.47 Å². The average Bonchev–Trinajstić information content (AvgIpc) is 2.27. The maximum absolute atomic E-state index is 3.76. The molecule has 0 aromatic rings. The predicted octanol–water partition coefficient (Wildman–Crippen LogP) is 10.6. The van der Waals surface area contributed by atoms with Crippen molar-refractivity contribution in [3.05, 3.63) is 0 Å². The Labute approximate surface area is 241 Å². The molecule has 0 bridgehead atoms. The van der Waals surface area contributed by atoms with Gasteiger partial charge in [0, 0.05) is 0 Å². The van der Waals surface area contributed by atoms with Gasteiger partial charge in [0.1, 0.15) is 16.2 Å². The first-order chi connectivity index (χ1) is 8.89. The van der Waals surface area contributed by atoms with Gasteiger partial charge in [-0.15, -0.1) is 0 Å². The molecule has 0 radical (unpaired) electrons. The summed E-state index contributed by atoms with van der Waals surface area (Å²) in [5.74, 6) is 0. The highest BCUT2D eigenvalue weighted by atomic mass is 79.9. The van der Waals surface area contributed by atoms with Crippen molar-refractivity contribution in [1.82, 2.24) is 0 Å². The zero-order valence-electron chi connectivity index (χ0n) is 8.95. The molecule has 0 rings (SSSR count). The van der Waals surface area contributed by atoms with Gasteiger partial charge in [0.2, 0.25) is 0 Å². The van der Waals surface area contributed by atoms with Gasteiger partial charge in [0.25, 0.3) is 0 Å². The van der Waals surface area contributed by atoms with Gasteiger partial charge in [-0.25, -0.2) is 0 Å². The van der Waals surface area contributed by atoms with E-state index in [1.54, 1.807) is 0 Å². The third-order valence-corrected chi connectivity index (χ3v) is 29.8. The zero-order chi connectivity index (χ0) is 17.7. The second-order valence-corrected chi connectivity index (χ2v) is 27.2. The molecule has 0 unspecified atom stereocenters. The van der Waals surface area contributed by atoms with Crippen LogP contribution in [-0.2, 0) is 0 Å². The van der Waals surface area contributed by atoms with Crippen molar-refractivity contribution < 1.29 is 0 Å². The minimum absolute atomic E-state index is 0.120. The van der Waals surface area contributed by atoms with E-state index in [4.69, 9.17) is 0 Å². The highest BCUT2D eigenvalue weighted by Crippen LogP contribution is 2.73. The van der Waals surface area contributed by atoms with E-state index in [-0.39, 0.29) is 7.47 Å². The number of alkyl halides is 14. The lowest BCUT2D eigenvalue weighted by atomic mass is 10.1. The van der Waals surface area contributed by atoms with E-state index < -0.39 is 16.2 Å². The summed E-state index contributed by atoms with van der Waals surface area (Å²) in [4.78, 5) is 0. The summed E-state index contributed by atoms with van der Waals surface area (Å²) in [5, 5.41) is 0. The number of hydrogen-bond acceptors (Lipinski definition) is 0. The summed E-state index contributed by atoms with van der Waals surface area (Å²) in [7, 11) is 0. The Morgan fingerprint density at radius 3 is 0.714 bits per heavy atom. The molecule has 0 amide bonds. The lowest BCUT2D eigenvalue weighted by molar-refractivity contribution is 0.643.